The number of furan rings is 3. The van der Waals surface area contributed by atoms with Crippen molar-refractivity contribution in [3.63, 3.8) is 0 Å². The van der Waals surface area contributed by atoms with Crippen molar-refractivity contribution in [1.82, 2.24) is 39.9 Å². The Labute approximate surface area is 827 Å². The molecule has 0 atom stereocenters. The average Bonchev–Trinajstić information content (AvgIpc) is 1.14. The van der Waals surface area contributed by atoms with Gasteiger partial charge in [-0.05, 0) is 135 Å². The number of aromatic nitrogens is 8. The van der Waals surface area contributed by atoms with Gasteiger partial charge in [0.1, 0.15) is 33.5 Å². The fourth-order valence-electron chi connectivity index (χ4n) is 21.0. The Kier molecular flexibility index (Phi) is 19.9. The summed E-state index contributed by atoms with van der Waals surface area (Å²) in [5.41, 5.74) is 28.0. The van der Waals surface area contributed by atoms with Crippen LogP contribution in [0.5, 0.6) is 0 Å². The molecule has 0 aliphatic heterocycles. The van der Waals surface area contributed by atoms with E-state index in [1.54, 1.807) is 0 Å². The molecule has 0 aliphatic rings. The minimum absolute atomic E-state index is 0.865. The van der Waals surface area contributed by atoms with Crippen molar-refractivity contribution < 1.29 is 13.3 Å². The molecule has 23 aromatic carbocycles. The van der Waals surface area contributed by atoms with Gasteiger partial charge in [-0.2, -0.15) is 0 Å². The highest BCUT2D eigenvalue weighted by molar-refractivity contribution is 7.26. The van der Waals surface area contributed by atoms with E-state index in [0.717, 1.165) is 259 Å². The molecule has 12 heteroatoms. The molecular weight excluding hydrogens is 1780 g/mol. The second-order valence-corrected chi connectivity index (χ2v) is 37.6. The van der Waals surface area contributed by atoms with Crippen molar-refractivity contribution >= 4 is 217 Å². The molecule has 0 radical (unpaired) electrons. The van der Waals surface area contributed by atoms with Crippen molar-refractivity contribution in [2.45, 2.75) is 0 Å². The molecule has 31 rings (SSSR count). The molecule has 0 fully saturated rings. The van der Waals surface area contributed by atoms with E-state index < -0.39 is 0 Å². The van der Waals surface area contributed by atoms with Crippen molar-refractivity contribution in [2.24, 2.45) is 0 Å². The first-order chi connectivity index (χ1) is 71.3. The van der Waals surface area contributed by atoms with Gasteiger partial charge in [0.2, 0.25) is 0 Å². The maximum absolute atomic E-state index is 6.36. The van der Waals surface area contributed by atoms with E-state index in [1.807, 2.05) is 133 Å². The molecule has 0 amide bonds. The molecule has 0 saturated carbocycles. The normalized spacial score (nSPS) is 11.8. The largest absolute Gasteiger partial charge is 0.455 e. The van der Waals surface area contributed by atoms with Gasteiger partial charge in [-0.25, -0.2) is 39.9 Å². The van der Waals surface area contributed by atoms with E-state index >= 15 is 0 Å². The summed E-state index contributed by atoms with van der Waals surface area (Å²) in [6.45, 7) is 0. The van der Waals surface area contributed by atoms with Crippen LogP contribution >= 0.6 is 11.3 Å². The van der Waals surface area contributed by atoms with Crippen molar-refractivity contribution in [1.29, 1.82) is 0 Å². The third-order valence-corrected chi connectivity index (χ3v) is 29.2. The quantitative estimate of drug-likeness (QED) is 0.134. The van der Waals surface area contributed by atoms with Gasteiger partial charge < -0.3 is 13.3 Å². The first-order valence-electron chi connectivity index (χ1n) is 48.3. The van der Waals surface area contributed by atoms with Crippen LogP contribution in [0.2, 0.25) is 0 Å². The second kappa shape index (κ2) is 34.5. The van der Waals surface area contributed by atoms with Crippen LogP contribution in [0.15, 0.2) is 486 Å². The van der Waals surface area contributed by atoms with Gasteiger partial charge in [-0.15, -0.1) is 11.3 Å². The zero-order chi connectivity index (χ0) is 94.8. The maximum atomic E-state index is 6.36. The van der Waals surface area contributed by atoms with Gasteiger partial charge in [0, 0.05) is 135 Å². The van der Waals surface area contributed by atoms with Crippen LogP contribution in [0.3, 0.4) is 0 Å². The highest BCUT2D eigenvalue weighted by Gasteiger charge is 2.25. The minimum atomic E-state index is 0.865. The van der Waals surface area contributed by atoms with Crippen molar-refractivity contribution in [3.05, 3.63) is 473 Å². The number of nitrogens with zero attached hydrogens (tertiary/aromatic N) is 8. The summed E-state index contributed by atoms with van der Waals surface area (Å²) in [6, 6.07) is 164. The summed E-state index contributed by atoms with van der Waals surface area (Å²) >= 11 is 1.86. The SMILES string of the molecule is c1ccc(-c2nc3c(ccc4ccccc43)nc2-c2ccc3ccc4c5ccccc5oc4c3c2)cc1.c1ccc(-c2nc3ccc4ccccc4c3nc2-c2ccc3ccc4c5ccccc5oc4c3c2)cc1.c1ccc(-c2nc3ccc4ccccc4c3nc2-c2ccc3ccc4c5ccccc5sc4c3c2)cc1.c1ccc(-c2nc3ccccc3nc2-c2ccc3ccc4c5ccccc5oc4c3c2)cc1. The maximum Gasteiger partial charge on any atom is 0.143 e. The van der Waals surface area contributed by atoms with Gasteiger partial charge in [0.25, 0.3) is 0 Å². The Balaban J connectivity index is 0.0000000935. The molecule has 8 heterocycles. The standard InChI is InChI=1S/2C34H20N2O.C34H20N2S.C30H18N2O/c1-2-9-23(10-3-1)31-32(35-29-19-17-21-8-4-5-11-25(21)33(29)36-31)24-15-14-22-16-18-27-26-12-6-7-13-30(26)37-34(27)28(22)20-24;2*1-2-9-23(10-3-1)31-32(36-33-25-11-5-4-8-21(25)17-19-29(33)35-31)24-15-14-22-16-18-27-26-12-6-7-13-30(26)37-34(27)28(22)20-24;1-2-8-20(9-3-1)28-29(32-26-12-6-5-11-25(26)31-28)21-15-14-19-16-17-23-22-10-4-7-13-27(22)33-30(23)24(19)18-21/h3*1-20H;1-18H. The summed E-state index contributed by atoms with van der Waals surface area (Å²) in [5, 5.41) is 25.4. The van der Waals surface area contributed by atoms with Crippen LogP contribution in [-0.4, -0.2) is 39.9 Å². The van der Waals surface area contributed by atoms with Crippen LogP contribution in [0.1, 0.15) is 0 Å². The van der Waals surface area contributed by atoms with E-state index in [0.29, 0.717) is 0 Å². The smallest absolute Gasteiger partial charge is 0.143 e. The summed E-state index contributed by atoms with van der Waals surface area (Å²) in [6.07, 6.45) is 0. The lowest BCUT2D eigenvalue weighted by Gasteiger charge is -2.13. The number of hydrogen-bond acceptors (Lipinski definition) is 12. The third-order valence-electron chi connectivity index (χ3n) is 28.0. The van der Waals surface area contributed by atoms with E-state index in [9.17, 15) is 0 Å². The molecule has 0 unspecified atom stereocenters. The van der Waals surface area contributed by atoms with Crippen LogP contribution < -0.4 is 0 Å². The second-order valence-electron chi connectivity index (χ2n) is 36.5. The van der Waals surface area contributed by atoms with Crippen LogP contribution in [0.25, 0.3) is 296 Å². The Morgan fingerprint density at radius 1 is 0.146 bits per heavy atom. The van der Waals surface area contributed by atoms with E-state index in [1.165, 1.54) is 36.3 Å². The summed E-state index contributed by atoms with van der Waals surface area (Å²) < 4.78 is 21.7. The summed E-state index contributed by atoms with van der Waals surface area (Å²) in [7, 11) is 0. The van der Waals surface area contributed by atoms with Crippen molar-refractivity contribution in [2.75, 3.05) is 0 Å². The molecule has 0 N–H and O–H groups in total. The first-order valence-corrected chi connectivity index (χ1v) is 49.1. The van der Waals surface area contributed by atoms with Crippen LogP contribution in [0.4, 0.5) is 0 Å². The predicted molar refractivity (Wildman–Crippen MR) is 599 cm³/mol. The fraction of sp³-hybridized carbons (Fsp3) is 0. The molecule has 0 saturated heterocycles. The molecule has 144 heavy (non-hydrogen) atoms. The zero-order valence-electron chi connectivity index (χ0n) is 77.2. The Bertz CT molecular complexity index is 10300. The number of hydrogen-bond donors (Lipinski definition) is 0. The molecule has 0 bridgehead atoms. The first kappa shape index (κ1) is 83.1. The highest BCUT2D eigenvalue weighted by Crippen LogP contribution is 2.47. The van der Waals surface area contributed by atoms with Gasteiger partial charge in [-0.1, -0.05) is 376 Å². The molecule has 11 nitrogen and oxygen atoms in total. The van der Waals surface area contributed by atoms with E-state index in [4.69, 9.17) is 53.1 Å². The summed E-state index contributed by atoms with van der Waals surface area (Å²) in [4.78, 5) is 41.5. The van der Waals surface area contributed by atoms with E-state index in [-0.39, 0.29) is 0 Å². The zero-order valence-corrected chi connectivity index (χ0v) is 78.1. The van der Waals surface area contributed by atoms with E-state index in [2.05, 4.69) is 352 Å². The van der Waals surface area contributed by atoms with Gasteiger partial charge in [0.15, 0.2) is 0 Å². The monoisotopic (exact) mass is 1850 g/mol. The lowest BCUT2D eigenvalue weighted by atomic mass is 9.98. The van der Waals surface area contributed by atoms with Crippen LogP contribution in [0, 0.1) is 0 Å². The third kappa shape index (κ3) is 14.4. The Morgan fingerprint density at radius 2 is 0.389 bits per heavy atom. The fourth-order valence-corrected chi connectivity index (χ4v) is 22.2. The number of para-hydroxylation sites is 5. The molecule has 0 spiro atoms. The van der Waals surface area contributed by atoms with Gasteiger partial charge >= 0.3 is 0 Å². The Hall–Kier alpha value is -19.1. The molecule has 31 aromatic rings. The number of fused-ring (bicyclic) bond motifs is 30. The highest BCUT2D eigenvalue weighted by atomic mass is 32.1. The molecule has 0 aliphatic carbocycles. The lowest BCUT2D eigenvalue weighted by Crippen LogP contribution is -1.96. The predicted octanol–water partition coefficient (Wildman–Crippen LogP) is 36.0. The lowest BCUT2D eigenvalue weighted by molar-refractivity contribution is 0.672. The molecule has 8 aromatic heterocycles. The number of rotatable bonds is 8. The minimum Gasteiger partial charge on any atom is -0.455 e. The molecular formula is C132H78N8O3S. The van der Waals surface area contributed by atoms with Crippen molar-refractivity contribution in [3.8, 4) is 90.1 Å². The summed E-state index contributed by atoms with van der Waals surface area (Å²) in [5.74, 6) is 0. The van der Waals surface area contributed by atoms with Crippen LogP contribution in [-0.2, 0) is 0 Å². The average molecular weight is 1860 g/mol. The topological polar surface area (TPSA) is 143 Å². The Morgan fingerprint density at radius 3 is 0.750 bits per heavy atom. The molecule has 670 valence electrons. The van der Waals surface area contributed by atoms with Gasteiger partial charge in [-0.3, -0.25) is 0 Å². The van der Waals surface area contributed by atoms with Gasteiger partial charge in [0.05, 0.1) is 89.7 Å². The number of benzene rings is 23. The number of thiophene rings is 1.